The van der Waals surface area contributed by atoms with Crippen LogP contribution >= 0.6 is 0 Å². The van der Waals surface area contributed by atoms with Crippen molar-refractivity contribution in [2.75, 3.05) is 20.2 Å². The van der Waals surface area contributed by atoms with Crippen LogP contribution in [0.25, 0.3) is 0 Å². The fourth-order valence-electron chi connectivity index (χ4n) is 2.99. The van der Waals surface area contributed by atoms with Gasteiger partial charge in [-0.3, -0.25) is 0 Å². The summed E-state index contributed by atoms with van der Waals surface area (Å²) in [5.41, 5.74) is 1.73. The van der Waals surface area contributed by atoms with Crippen LogP contribution in [0.3, 0.4) is 0 Å². The minimum atomic E-state index is -3.39. The first-order chi connectivity index (χ1) is 9.96. The fourth-order valence-corrected chi connectivity index (χ4v) is 4.68. The molecule has 1 fully saturated rings. The Hall–Kier alpha value is -1.07. The summed E-state index contributed by atoms with van der Waals surface area (Å²) in [7, 11) is -1.78. The van der Waals surface area contributed by atoms with Crippen molar-refractivity contribution in [1.82, 2.24) is 4.31 Å². The maximum Gasteiger partial charge on any atom is 0.243 e. The number of methoxy groups -OCH3 is 1. The average molecular weight is 311 g/mol. The molecular formula is C16H25NO3S. The second-order valence-corrected chi connectivity index (χ2v) is 7.70. The number of rotatable bonds is 3. The first-order valence-corrected chi connectivity index (χ1v) is 9.06. The maximum atomic E-state index is 12.8. The first kappa shape index (κ1) is 16.3. The van der Waals surface area contributed by atoms with Gasteiger partial charge >= 0.3 is 0 Å². The Balaban J connectivity index is 2.34. The third kappa shape index (κ3) is 3.58. The van der Waals surface area contributed by atoms with E-state index < -0.39 is 10.0 Å². The molecule has 0 spiro atoms. The van der Waals surface area contributed by atoms with E-state index in [1.165, 1.54) is 6.42 Å². The van der Waals surface area contributed by atoms with Gasteiger partial charge in [-0.25, -0.2) is 8.42 Å². The molecule has 1 aromatic carbocycles. The van der Waals surface area contributed by atoms with Crippen LogP contribution in [-0.2, 0) is 10.0 Å². The summed E-state index contributed by atoms with van der Waals surface area (Å²) in [5.74, 6) is 0.765. The molecule has 118 valence electrons. The number of hydrogen-bond donors (Lipinski definition) is 0. The molecule has 1 aliphatic heterocycles. The summed E-state index contributed by atoms with van der Waals surface area (Å²) in [6, 6.07) is 3.44. The normalized spacial score (nSPS) is 18.0. The Morgan fingerprint density at radius 3 is 1.90 bits per heavy atom. The van der Waals surface area contributed by atoms with E-state index in [2.05, 4.69) is 0 Å². The summed E-state index contributed by atoms with van der Waals surface area (Å²) in [6.07, 6.45) is 5.36. The third-order valence-electron chi connectivity index (χ3n) is 4.09. The molecule has 0 radical (unpaired) electrons. The molecule has 5 heteroatoms. The van der Waals surface area contributed by atoms with Gasteiger partial charge in [0.25, 0.3) is 0 Å². The van der Waals surface area contributed by atoms with Gasteiger partial charge in [0.2, 0.25) is 10.0 Å². The lowest BCUT2D eigenvalue weighted by Gasteiger charge is -2.24. The lowest BCUT2D eigenvalue weighted by atomic mass is 10.1. The topological polar surface area (TPSA) is 46.6 Å². The van der Waals surface area contributed by atoms with Gasteiger partial charge in [0.05, 0.1) is 12.0 Å². The van der Waals surface area contributed by atoms with Gasteiger partial charge in [0.15, 0.2) is 0 Å². The van der Waals surface area contributed by atoms with Crippen LogP contribution in [0.15, 0.2) is 17.0 Å². The minimum Gasteiger partial charge on any atom is -0.496 e. The van der Waals surface area contributed by atoms with E-state index in [4.69, 9.17) is 4.74 Å². The Bertz CT molecular complexity index is 565. The smallest absolute Gasteiger partial charge is 0.243 e. The highest BCUT2D eigenvalue weighted by molar-refractivity contribution is 7.89. The summed E-state index contributed by atoms with van der Waals surface area (Å²) in [6.45, 7) is 5.04. The van der Waals surface area contributed by atoms with E-state index in [9.17, 15) is 8.42 Å². The standard InChI is InChI=1S/C16H25NO3S/c1-13-11-15(12-14(2)16(13)20-3)21(18,19)17-9-7-5-4-6-8-10-17/h11-12H,4-10H2,1-3H3. The van der Waals surface area contributed by atoms with Crippen LogP contribution in [-0.4, -0.2) is 32.9 Å². The van der Waals surface area contributed by atoms with E-state index >= 15 is 0 Å². The van der Waals surface area contributed by atoms with Crippen molar-refractivity contribution in [3.63, 3.8) is 0 Å². The van der Waals surface area contributed by atoms with Gasteiger partial charge in [-0.15, -0.1) is 0 Å². The molecule has 1 heterocycles. The number of benzene rings is 1. The fraction of sp³-hybridized carbons (Fsp3) is 0.625. The van der Waals surface area contributed by atoms with E-state index in [1.54, 1.807) is 23.5 Å². The van der Waals surface area contributed by atoms with Crippen LogP contribution < -0.4 is 4.74 Å². The number of aryl methyl sites for hydroxylation is 2. The third-order valence-corrected chi connectivity index (χ3v) is 5.97. The van der Waals surface area contributed by atoms with E-state index in [1.807, 2.05) is 13.8 Å². The van der Waals surface area contributed by atoms with Crippen molar-refractivity contribution >= 4 is 10.0 Å². The van der Waals surface area contributed by atoms with Crippen LogP contribution in [0, 0.1) is 13.8 Å². The van der Waals surface area contributed by atoms with Crippen LogP contribution in [0.5, 0.6) is 5.75 Å². The van der Waals surface area contributed by atoms with Crippen LogP contribution in [0.2, 0.25) is 0 Å². The highest BCUT2D eigenvalue weighted by Gasteiger charge is 2.25. The number of ether oxygens (including phenoxy) is 1. The molecule has 1 aromatic rings. The molecule has 0 amide bonds. The van der Waals surface area contributed by atoms with E-state index in [0.29, 0.717) is 18.0 Å². The molecule has 4 nitrogen and oxygen atoms in total. The van der Waals surface area contributed by atoms with Gasteiger partial charge in [-0.1, -0.05) is 19.3 Å². The number of hydrogen-bond acceptors (Lipinski definition) is 3. The Morgan fingerprint density at radius 2 is 1.43 bits per heavy atom. The predicted octanol–water partition coefficient (Wildman–Crippen LogP) is 3.27. The molecule has 1 aliphatic rings. The second kappa shape index (κ2) is 6.79. The molecule has 0 bridgehead atoms. The monoisotopic (exact) mass is 311 g/mol. The summed E-state index contributed by atoms with van der Waals surface area (Å²) < 4.78 is 32.6. The van der Waals surface area contributed by atoms with Crippen molar-refractivity contribution in [2.45, 2.75) is 50.8 Å². The maximum absolute atomic E-state index is 12.8. The van der Waals surface area contributed by atoms with Gasteiger partial charge in [-0.05, 0) is 49.9 Å². The van der Waals surface area contributed by atoms with Crippen molar-refractivity contribution in [3.05, 3.63) is 23.3 Å². The molecule has 0 atom stereocenters. The largest absolute Gasteiger partial charge is 0.496 e. The highest BCUT2D eigenvalue weighted by Crippen LogP contribution is 2.28. The first-order valence-electron chi connectivity index (χ1n) is 7.62. The lowest BCUT2D eigenvalue weighted by molar-refractivity contribution is 0.364. The van der Waals surface area contributed by atoms with Crippen molar-refractivity contribution in [3.8, 4) is 5.75 Å². The van der Waals surface area contributed by atoms with Crippen molar-refractivity contribution in [2.24, 2.45) is 0 Å². The molecule has 21 heavy (non-hydrogen) atoms. The van der Waals surface area contributed by atoms with Gasteiger partial charge in [0.1, 0.15) is 5.75 Å². The van der Waals surface area contributed by atoms with E-state index in [-0.39, 0.29) is 0 Å². The summed E-state index contributed by atoms with van der Waals surface area (Å²) in [4.78, 5) is 0.388. The Labute approximate surface area is 128 Å². The molecule has 0 unspecified atom stereocenters. The zero-order valence-electron chi connectivity index (χ0n) is 13.2. The van der Waals surface area contributed by atoms with Crippen molar-refractivity contribution in [1.29, 1.82) is 0 Å². The molecular weight excluding hydrogens is 286 g/mol. The Kier molecular flexibility index (Phi) is 5.27. The Morgan fingerprint density at radius 1 is 0.952 bits per heavy atom. The van der Waals surface area contributed by atoms with Gasteiger partial charge in [0, 0.05) is 13.1 Å². The average Bonchev–Trinajstić information content (AvgIpc) is 2.37. The number of sulfonamides is 1. The molecule has 0 aromatic heterocycles. The zero-order chi connectivity index (χ0) is 15.5. The lowest BCUT2D eigenvalue weighted by Crippen LogP contribution is -2.34. The summed E-state index contributed by atoms with van der Waals surface area (Å²) >= 11 is 0. The SMILES string of the molecule is COc1c(C)cc(S(=O)(=O)N2CCCCCCC2)cc1C. The second-order valence-electron chi connectivity index (χ2n) is 5.76. The van der Waals surface area contributed by atoms with Crippen LogP contribution in [0.4, 0.5) is 0 Å². The molecule has 0 saturated carbocycles. The van der Waals surface area contributed by atoms with E-state index in [0.717, 1.165) is 42.6 Å². The van der Waals surface area contributed by atoms with Crippen molar-refractivity contribution < 1.29 is 13.2 Å². The van der Waals surface area contributed by atoms with Gasteiger partial charge < -0.3 is 4.74 Å². The van der Waals surface area contributed by atoms with Gasteiger partial charge in [-0.2, -0.15) is 4.31 Å². The molecule has 0 aliphatic carbocycles. The zero-order valence-corrected chi connectivity index (χ0v) is 14.0. The predicted molar refractivity (Wildman–Crippen MR) is 84.3 cm³/mol. The molecule has 1 saturated heterocycles. The molecule has 2 rings (SSSR count). The summed E-state index contributed by atoms with van der Waals surface area (Å²) in [5, 5.41) is 0. The minimum absolute atomic E-state index is 0.388. The quantitative estimate of drug-likeness (QED) is 0.860. The highest BCUT2D eigenvalue weighted by atomic mass is 32.2. The molecule has 0 N–H and O–H groups in total. The van der Waals surface area contributed by atoms with Crippen LogP contribution in [0.1, 0.15) is 43.2 Å². The number of nitrogens with zero attached hydrogens (tertiary/aromatic N) is 1.